The lowest BCUT2D eigenvalue weighted by molar-refractivity contribution is -0.139. The van der Waals surface area contributed by atoms with Crippen LogP contribution < -0.4 is 5.32 Å². The molecule has 0 aliphatic heterocycles. The number of amides is 2. The first-order chi connectivity index (χ1) is 17.4. The quantitative estimate of drug-likeness (QED) is 0.281. The third kappa shape index (κ3) is 8.26. The van der Waals surface area contributed by atoms with Gasteiger partial charge in [-0.05, 0) is 41.8 Å². The van der Waals surface area contributed by atoms with Gasteiger partial charge in [-0.2, -0.15) is 0 Å². The van der Waals surface area contributed by atoms with Crippen LogP contribution in [0.1, 0.15) is 30.0 Å². The van der Waals surface area contributed by atoms with E-state index >= 15 is 0 Å². The first-order valence-corrected chi connectivity index (χ1v) is 13.7. The number of thioether (sulfide) groups is 1. The number of rotatable bonds is 12. The zero-order chi connectivity index (χ0) is 25.9. The molecule has 0 fully saturated rings. The molecule has 190 valence electrons. The lowest BCUT2D eigenvalue weighted by Gasteiger charge is -2.32. The molecule has 0 radical (unpaired) electrons. The van der Waals surface area contributed by atoms with Gasteiger partial charge >= 0.3 is 0 Å². The Kier molecular flexibility index (Phi) is 11.1. The summed E-state index contributed by atoms with van der Waals surface area (Å²) in [6.07, 6.45) is 1.13. The molecular formula is C28H29Cl2FN2O2S. The highest BCUT2D eigenvalue weighted by atomic mass is 35.5. The summed E-state index contributed by atoms with van der Waals surface area (Å²) >= 11 is 14.3. The minimum atomic E-state index is -0.745. The molecule has 0 aliphatic carbocycles. The van der Waals surface area contributed by atoms with E-state index in [1.165, 1.54) is 23.9 Å². The van der Waals surface area contributed by atoms with Crippen LogP contribution in [0.2, 0.25) is 10.0 Å². The largest absolute Gasteiger partial charge is 0.354 e. The summed E-state index contributed by atoms with van der Waals surface area (Å²) < 4.78 is 13.2. The van der Waals surface area contributed by atoms with E-state index in [-0.39, 0.29) is 29.9 Å². The van der Waals surface area contributed by atoms with E-state index < -0.39 is 6.04 Å². The minimum Gasteiger partial charge on any atom is -0.354 e. The summed E-state index contributed by atoms with van der Waals surface area (Å²) in [6, 6.07) is 20.2. The van der Waals surface area contributed by atoms with Crippen LogP contribution in [0, 0.1) is 5.82 Å². The van der Waals surface area contributed by atoms with E-state index in [2.05, 4.69) is 5.32 Å². The number of hydrogen-bond donors (Lipinski definition) is 1. The smallest absolute Gasteiger partial charge is 0.243 e. The van der Waals surface area contributed by atoms with Crippen molar-refractivity contribution in [2.75, 3.05) is 12.3 Å². The lowest BCUT2D eigenvalue weighted by atomic mass is 10.0. The topological polar surface area (TPSA) is 49.4 Å². The van der Waals surface area contributed by atoms with E-state index in [9.17, 15) is 14.0 Å². The zero-order valence-electron chi connectivity index (χ0n) is 20.1. The molecular weight excluding hydrogens is 518 g/mol. The molecule has 3 aromatic rings. The van der Waals surface area contributed by atoms with E-state index in [0.29, 0.717) is 34.3 Å². The number of hydrogen-bond acceptors (Lipinski definition) is 3. The maximum absolute atomic E-state index is 13.6. The van der Waals surface area contributed by atoms with Gasteiger partial charge in [-0.15, -0.1) is 11.8 Å². The molecule has 0 saturated carbocycles. The van der Waals surface area contributed by atoms with Crippen LogP contribution in [0.25, 0.3) is 0 Å². The Morgan fingerprint density at radius 3 is 2.25 bits per heavy atom. The number of carbonyl (C=O) groups excluding carboxylic acids is 2. The molecule has 0 spiro atoms. The number of nitrogens with one attached hydrogen (secondary N) is 1. The summed E-state index contributed by atoms with van der Waals surface area (Å²) in [6.45, 7) is 2.59. The number of halogens is 3. The fraction of sp³-hybridized carbons (Fsp3) is 0.286. The van der Waals surface area contributed by atoms with Crippen molar-refractivity contribution in [3.8, 4) is 0 Å². The summed E-state index contributed by atoms with van der Waals surface area (Å²) in [5.41, 5.74) is 2.45. The van der Waals surface area contributed by atoms with Gasteiger partial charge in [0.25, 0.3) is 0 Å². The van der Waals surface area contributed by atoms with E-state index in [1.807, 2.05) is 37.3 Å². The van der Waals surface area contributed by atoms with Crippen LogP contribution in [0.4, 0.5) is 4.39 Å². The van der Waals surface area contributed by atoms with Crippen molar-refractivity contribution in [2.24, 2.45) is 0 Å². The molecule has 0 saturated heterocycles. The Labute approximate surface area is 226 Å². The highest BCUT2D eigenvalue weighted by Crippen LogP contribution is 2.28. The van der Waals surface area contributed by atoms with Crippen LogP contribution in [0.15, 0.2) is 72.8 Å². The van der Waals surface area contributed by atoms with Gasteiger partial charge in [0.1, 0.15) is 11.9 Å². The Balaban J connectivity index is 1.87. The van der Waals surface area contributed by atoms with Gasteiger partial charge in [0, 0.05) is 40.9 Å². The lowest BCUT2D eigenvalue weighted by Crippen LogP contribution is -2.51. The summed E-state index contributed by atoms with van der Waals surface area (Å²) in [7, 11) is 0. The highest BCUT2D eigenvalue weighted by Gasteiger charge is 2.31. The van der Waals surface area contributed by atoms with Gasteiger partial charge in [-0.25, -0.2) is 4.39 Å². The molecule has 36 heavy (non-hydrogen) atoms. The first-order valence-electron chi connectivity index (χ1n) is 11.7. The van der Waals surface area contributed by atoms with Crippen molar-refractivity contribution in [1.82, 2.24) is 10.2 Å². The highest BCUT2D eigenvalue weighted by molar-refractivity contribution is 7.99. The second-order valence-electron chi connectivity index (χ2n) is 8.34. The molecule has 0 aliphatic rings. The fourth-order valence-electron chi connectivity index (χ4n) is 3.69. The maximum Gasteiger partial charge on any atom is 0.243 e. The standard InChI is InChI=1S/C28H29Cl2FN2O2S/c1-2-15-32-28(35)26(16-20-7-4-3-5-8-20)33(17-23-24(29)9-6-10-25(23)30)27(34)19-36-18-21-11-13-22(31)14-12-21/h3-14,26H,2,15-19H2,1H3,(H,32,35)/t26-/m1/s1. The van der Waals surface area contributed by atoms with E-state index in [1.54, 1.807) is 35.2 Å². The minimum absolute atomic E-state index is 0.103. The second kappa shape index (κ2) is 14.3. The van der Waals surface area contributed by atoms with Gasteiger partial charge in [-0.1, -0.05) is 78.7 Å². The third-order valence-electron chi connectivity index (χ3n) is 5.62. The monoisotopic (exact) mass is 546 g/mol. The number of nitrogens with zero attached hydrogens (tertiary/aromatic N) is 1. The van der Waals surface area contributed by atoms with Gasteiger partial charge in [0.05, 0.1) is 5.75 Å². The average Bonchev–Trinajstić information content (AvgIpc) is 2.88. The molecule has 1 N–H and O–H groups in total. The molecule has 1 atom stereocenters. The molecule has 0 aromatic heterocycles. The Morgan fingerprint density at radius 2 is 1.61 bits per heavy atom. The summed E-state index contributed by atoms with van der Waals surface area (Å²) in [5.74, 6) is -0.0416. The van der Waals surface area contributed by atoms with Crippen LogP contribution >= 0.6 is 35.0 Å². The predicted octanol–water partition coefficient (Wildman–Crippen LogP) is 6.53. The zero-order valence-corrected chi connectivity index (χ0v) is 22.4. The molecule has 3 aromatic carbocycles. The predicted molar refractivity (Wildman–Crippen MR) is 147 cm³/mol. The molecule has 4 nitrogen and oxygen atoms in total. The fourth-order valence-corrected chi connectivity index (χ4v) is 5.08. The van der Waals surface area contributed by atoms with Crippen molar-refractivity contribution >= 4 is 46.8 Å². The number of benzene rings is 3. The second-order valence-corrected chi connectivity index (χ2v) is 10.1. The Bertz CT molecular complexity index is 1130. The maximum atomic E-state index is 13.6. The van der Waals surface area contributed by atoms with E-state index in [0.717, 1.165) is 17.5 Å². The van der Waals surface area contributed by atoms with Crippen molar-refractivity contribution in [1.29, 1.82) is 0 Å². The van der Waals surface area contributed by atoms with Crippen LogP contribution in [0.5, 0.6) is 0 Å². The van der Waals surface area contributed by atoms with Crippen molar-refractivity contribution in [3.63, 3.8) is 0 Å². The van der Waals surface area contributed by atoms with Crippen molar-refractivity contribution in [2.45, 2.75) is 38.1 Å². The Hall–Kier alpha value is -2.54. The molecule has 2 amide bonds. The molecule has 0 unspecified atom stereocenters. The molecule has 0 bridgehead atoms. The SMILES string of the molecule is CCCNC(=O)[C@@H](Cc1ccccc1)N(Cc1c(Cl)cccc1Cl)C(=O)CSCc1ccc(F)cc1. The van der Waals surface area contributed by atoms with Gasteiger partial charge < -0.3 is 10.2 Å². The third-order valence-corrected chi connectivity index (χ3v) is 7.31. The first kappa shape index (κ1) is 28.0. The van der Waals surface area contributed by atoms with Gasteiger partial charge in [0.15, 0.2) is 0 Å². The Morgan fingerprint density at radius 1 is 0.944 bits per heavy atom. The molecule has 0 heterocycles. The van der Waals surface area contributed by atoms with Gasteiger partial charge in [0.2, 0.25) is 11.8 Å². The summed E-state index contributed by atoms with van der Waals surface area (Å²) in [5, 5.41) is 3.82. The van der Waals surface area contributed by atoms with Crippen molar-refractivity contribution < 1.29 is 14.0 Å². The normalized spacial score (nSPS) is 11.7. The van der Waals surface area contributed by atoms with Crippen LogP contribution in [0.3, 0.4) is 0 Å². The van der Waals surface area contributed by atoms with Crippen LogP contribution in [-0.4, -0.2) is 35.1 Å². The molecule has 8 heteroatoms. The average molecular weight is 548 g/mol. The van der Waals surface area contributed by atoms with E-state index in [4.69, 9.17) is 23.2 Å². The van der Waals surface area contributed by atoms with Crippen molar-refractivity contribution in [3.05, 3.63) is 105 Å². The molecule has 3 rings (SSSR count). The van der Waals surface area contributed by atoms with Gasteiger partial charge in [-0.3, -0.25) is 9.59 Å². The van der Waals surface area contributed by atoms with Crippen LogP contribution in [-0.2, 0) is 28.3 Å². The number of carbonyl (C=O) groups is 2. The summed E-state index contributed by atoms with van der Waals surface area (Å²) in [4.78, 5) is 28.5.